The van der Waals surface area contributed by atoms with Crippen molar-refractivity contribution in [3.8, 4) is 62.3 Å². The van der Waals surface area contributed by atoms with E-state index in [4.69, 9.17) is 15.0 Å². The zero-order valence-corrected chi connectivity index (χ0v) is 19.9. The van der Waals surface area contributed by atoms with Crippen molar-refractivity contribution in [1.82, 2.24) is 19.9 Å². The molecule has 0 fully saturated rings. The summed E-state index contributed by atoms with van der Waals surface area (Å²) in [5.41, 5.74) is 6.91. The Morgan fingerprint density at radius 3 is 1.66 bits per heavy atom. The number of para-hydroxylation sites is 1. The van der Waals surface area contributed by atoms with Crippen LogP contribution in [0.5, 0.6) is 5.75 Å². The normalized spacial score (nSPS) is 10.5. The van der Waals surface area contributed by atoms with Crippen LogP contribution in [0, 0.1) is 0 Å². The minimum atomic E-state index is 0. The van der Waals surface area contributed by atoms with Gasteiger partial charge in [-0.15, -0.1) is 0 Å². The van der Waals surface area contributed by atoms with Gasteiger partial charge in [0.1, 0.15) is 5.75 Å². The number of phenols is 1. The molecule has 38 heavy (non-hydrogen) atoms. The van der Waals surface area contributed by atoms with E-state index in [1.807, 2.05) is 78.9 Å². The zero-order chi connectivity index (χ0) is 25.0. The third kappa shape index (κ3) is 5.81. The first-order valence-corrected chi connectivity index (χ1v) is 12.0. The summed E-state index contributed by atoms with van der Waals surface area (Å²) in [5.74, 6) is 1.25. The maximum absolute atomic E-state index is 10.3. The Balaban J connectivity index is 0.00000294. The zero-order valence-electron chi connectivity index (χ0n) is 19.9. The molecular weight excluding hydrogens is 589 g/mol. The van der Waals surface area contributed by atoms with Crippen LogP contribution in [0.4, 0.5) is 0 Å². The fourth-order valence-corrected chi connectivity index (χ4v) is 4.22. The van der Waals surface area contributed by atoms with E-state index in [1.165, 1.54) is 0 Å². The summed E-state index contributed by atoms with van der Waals surface area (Å²) in [6.07, 6.45) is 1.71. The van der Waals surface area contributed by atoms with E-state index in [-0.39, 0.29) is 74.6 Å². The summed E-state index contributed by atoms with van der Waals surface area (Å²) in [7, 11) is 0. The first kappa shape index (κ1) is 26.5. The molecule has 6 aromatic rings. The van der Waals surface area contributed by atoms with E-state index in [9.17, 15) is 5.11 Å². The Morgan fingerprint density at radius 2 is 1.00 bits per heavy atom. The summed E-state index contributed by atoms with van der Waals surface area (Å²) in [6.45, 7) is 0. The molecule has 0 atom stereocenters. The molecule has 0 aliphatic heterocycles. The van der Waals surface area contributed by atoms with Crippen molar-refractivity contribution in [2.45, 2.75) is 0 Å². The molecule has 0 saturated carbocycles. The van der Waals surface area contributed by atoms with Crippen molar-refractivity contribution in [1.29, 1.82) is 0 Å². The molecule has 2 aromatic heterocycles. The van der Waals surface area contributed by atoms with E-state index in [0.29, 0.717) is 17.2 Å². The van der Waals surface area contributed by atoms with Gasteiger partial charge in [0.2, 0.25) is 0 Å². The molecule has 6 rings (SSSR count). The third-order valence-corrected chi connectivity index (χ3v) is 6.08. The first-order chi connectivity index (χ1) is 18.2. The average molecular weight is 612 g/mol. The van der Waals surface area contributed by atoms with E-state index < -0.39 is 0 Å². The monoisotopic (exact) mass is 612 g/mol. The second-order valence-corrected chi connectivity index (χ2v) is 8.56. The predicted octanol–water partition coefficient (Wildman–Crippen LogP) is 6.66. The Hall–Kier alpha value is -3.11. The van der Waals surface area contributed by atoms with E-state index in [0.717, 1.165) is 39.3 Å². The van der Waals surface area contributed by atoms with Crippen LogP contribution in [0.3, 0.4) is 0 Å². The van der Waals surface area contributed by atoms with Gasteiger partial charge in [-0.2, -0.15) is 0 Å². The molecule has 1 N–H and O–H groups in total. The molecule has 2 heterocycles. The summed E-state index contributed by atoms with van der Waals surface area (Å²) in [4.78, 5) is 19.0. The standard InChI is InChI=1S/C32H22N4O.Cs.H/c37-30-17-8-7-16-26(30)32-33-19-18-27(34-32)24-14-9-15-25(20-24)31-35-28(22-10-3-1-4-11-22)21-29(36-31)23-12-5-2-6-13-23;;/h1-21,37H;;. The number of rotatable bonds is 5. The van der Waals surface area contributed by atoms with Crippen LogP contribution < -0.4 is 0 Å². The maximum atomic E-state index is 10.3. The quantitative estimate of drug-likeness (QED) is 0.236. The second-order valence-electron chi connectivity index (χ2n) is 8.56. The van der Waals surface area contributed by atoms with Gasteiger partial charge in [-0.1, -0.05) is 91.0 Å². The number of benzene rings is 4. The number of phenolic OH excluding ortho intramolecular Hbond substituents is 1. The van der Waals surface area contributed by atoms with Crippen LogP contribution in [-0.4, -0.2) is 93.9 Å². The van der Waals surface area contributed by atoms with Crippen LogP contribution >= 0.6 is 0 Å². The molecule has 4 aromatic carbocycles. The van der Waals surface area contributed by atoms with Crippen LogP contribution in [0.15, 0.2) is 128 Å². The topological polar surface area (TPSA) is 71.8 Å². The van der Waals surface area contributed by atoms with Gasteiger partial charge in [0.15, 0.2) is 11.6 Å². The Labute approximate surface area is 280 Å². The van der Waals surface area contributed by atoms with Crippen molar-refractivity contribution in [2.24, 2.45) is 0 Å². The summed E-state index contributed by atoms with van der Waals surface area (Å²) in [6, 6.07) is 39.2. The number of aromatic nitrogens is 4. The fraction of sp³-hybridized carbons (Fsp3) is 0. The van der Waals surface area contributed by atoms with Crippen LogP contribution in [0.25, 0.3) is 56.5 Å². The number of aromatic hydroxyl groups is 1. The number of hydrogen-bond acceptors (Lipinski definition) is 5. The SMILES string of the molecule is Oc1ccccc1-c1nccc(-c2cccc(-c3nc(-c4ccccc4)cc(-c4ccccc4)n3)c2)n1.[CsH]. The molecule has 0 amide bonds. The van der Waals surface area contributed by atoms with Crippen LogP contribution in [0.2, 0.25) is 0 Å². The minimum absolute atomic E-state index is 0. The van der Waals surface area contributed by atoms with Gasteiger partial charge < -0.3 is 5.11 Å². The van der Waals surface area contributed by atoms with Gasteiger partial charge in [-0.3, -0.25) is 0 Å². The molecule has 0 saturated heterocycles. The van der Waals surface area contributed by atoms with E-state index in [1.54, 1.807) is 24.4 Å². The van der Waals surface area contributed by atoms with E-state index in [2.05, 4.69) is 29.2 Å². The first-order valence-electron chi connectivity index (χ1n) is 12.0. The van der Waals surface area contributed by atoms with Gasteiger partial charge >= 0.3 is 68.9 Å². The molecule has 0 spiro atoms. The average Bonchev–Trinajstić information content (AvgIpc) is 2.98. The van der Waals surface area contributed by atoms with Crippen molar-refractivity contribution in [3.63, 3.8) is 0 Å². The number of nitrogens with zero attached hydrogens (tertiary/aromatic N) is 4. The molecule has 0 bridgehead atoms. The van der Waals surface area contributed by atoms with Gasteiger partial charge in [-0.25, -0.2) is 19.9 Å². The summed E-state index contributed by atoms with van der Waals surface area (Å²) in [5, 5.41) is 10.3. The molecular formula is C32H23CsN4O. The van der Waals surface area contributed by atoms with Crippen LogP contribution in [-0.2, 0) is 0 Å². The molecule has 5 nitrogen and oxygen atoms in total. The molecule has 0 aliphatic carbocycles. The van der Waals surface area contributed by atoms with Crippen molar-refractivity contribution in [2.75, 3.05) is 0 Å². The Morgan fingerprint density at radius 1 is 0.447 bits per heavy atom. The third-order valence-electron chi connectivity index (χ3n) is 6.08. The van der Waals surface area contributed by atoms with Gasteiger partial charge in [0.25, 0.3) is 0 Å². The summed E-state index contributed by atoms with van der Waals surface area (Å²) < 4.78 is 0. The Kier molecular flexibility index (Phi) is 8.49. The second kappa shape index (κ2) is 12.2. The molecule has 178 valence electrons. The van der Waals surface area contributed by atoms with Crippen molar-refractivity contribution < 1.29 is 5.11 Å². The molecule has 0 radical (unpaired) electrons. The molecule has 0 aliphatic rings. The van der Waals surface area contributed by atoms with E-state index >= 15 is 0 Å². The summed E-state index contributed by atoms with van der Waals surface area (Å²) >= 11 is 0. The van der Waals surface area contributed by atoms with Gasteiger partial charge in [0.05, 0.1) is 22.6 Å². The van der Waals surface area contributed by atoms with Gasteiger partial charge in [0, 0.05) is 28.5 Å². The predicted molar refractivity (Wildman–Crippen MR) is 154 cm³/mol. The van der Waals surface area contributed by atoms with Crippen molar-refractivity contribution >= 4 is 68.9 Å². The number of hydrogen-bond donors (Lipinski definition) is 1. The molecule has 6 heteroatoms. The van der Waals surface area contributed by atoms with Crippen molar-refractivity contribution in [3.05, 3.63) is 128 Å². The molecule has 0 unspecified atom stereocenters. The fourth-order valence-electron chi connectivity index (χ4n) is 4.22. The van der Waals surface area contributed by atoms with Crippen LogP contribution in [0.1, 0.15) is 0 Å². The Bertz CT molecular complexity index is 1630. The van der Waals surface area contributed by atoms with Gasteiger partial charge in [-0.05, 0) is 30.3 Å².